The molecule has 0 aliphatic rings. The summed E-state index contributed by atoms with van der Waals surface area (Å²) in [6, 6.07) is 23.7. The van der Waals surface area contributed by atoms with Gasteiger partial charge >= 0.3 is 16.5 Å². The molecule has 3 rings (SSSR count). The van der Waals surface area contributed by atoms with E-state index in [-0.39, 0.29) is 32.3 Å². The maximum absolute atomic E-state index is 5.33. The molecule has 0 spiro atoms. The molecule has 0 N–H and O–H groups in total. The number of hydrogen-bond donors (Lipinski definition) is 0. The molecule has 0 heterocycles. The Morgan fingerprint density at radius 1 is 0.619 bits per heavy atom. The molecule has 0 saturated heterocycles. The third-order valence-corrected chi connectivity index (χ3v) is 13.1. The second-order valence-electron chi connectivity index (χ2n) is 11.4. The fourth-order valence-electron chi connectivity index (χ4n) is 4.95. The first-order valence-corrected chi connectivity index (χ1v) is 18.6. The molecule has 0 unspecified atom stereocenters. The SMILES string of the molecule is CCOCC.Cc1ccc([N-]c2ccc(C)cc2P(C(C)C)C(C)C)c(P(C(C)C)C(C)C)c1.[Ni+2].[Si-]c1ccccc1. The summed E-state index contributed by atoms with van der Waals surface area (Å²) in [5.41, 5.74) is 7.65. The molecule has 2 radical (unpaired) electrons. The van der Waals surface area contributed by atoms with Gasteiger partial charge in [0, 0.05) is 13.2 Å². The van der Waals surface area contributed by atoms with Gasteiger partial charge in [0.1, 0.15) is 0 Å². The standard InChI is InChI=1S/C26H40NP2.C6H5Si.C4H10O.Ni/c1-17(2)28(18(3)4)25-15-21(9)11-13-23(25)27-24-14-12-22(10)16-26(24)29(19(5)6)20(7)8;7-6-4-2-1-3-5-6;1-3-5-4-2;/h11-20H,1-10H3;1-5H;3-4H2,1-2H3;/q2*-1;;+2. The summed E-state index contributed by atoms with van der Waals surface area (Å²) in [6.45, 7) is 29.0. The van der Waals surface area contributed by atoms with E-state index < -0.39 is 0 Å². The van der Waals surface area contributed by atoms with Gasteiger partial charge in [-0.2, -0.15) is 0 Å². The first kappa shape index (κ1) is 41.0. The second kappa shape index (κ2) is 21.7. The van der Waals surface area contributed by atoms with Gasteiger partial charge in [0.25, 0.3) is 0 Å². The Balaban J connectivity index is 0.00000107. The molecule has 0 saturated carbocycles. The molecular formula is C36H55NNiOP2Si. The Bertz CT molecular complexity index is 1050. The topological polar surface area (TPSA) is 23.3 Å². The van der Waals surface area contributed by atoms with Crippen LogP contribution in [0.1, 0.15) is 80.4 Å². The van der Waals surface area contributed by atoms with Crippen molar-refractivity contribution in [3.8, 4) is 0 Å². The minimum absolute atomic E-state index is 0. The van der Waals surface area contributed by atoms with Crippen molar-refractivity contribution in [2.75, 3.05) is 13.2 Å². The Kier molecular flexibility index (Phi) is 21.1. The van der Waals surface area contributed by atoms with Gasteiger partial charge in [-0.15, -0.1) is 11.4 Å². The van der Waals surface area contributed by atoms with Gasteiger partial charge in [-0.05, 0) is 60.9 Å². The third-order valence-electron chi connectivity index (χ3n) is 6.47. The smallest absolute Gasteiger partial charge is 0.657 e. The van der Waals surface area contributed by atoms with E-state index in [4.69, 9.17) is 10.1 Å². The predicted octanol–water partition coefficient (Wildman–Crippen LogP) is 10.0. The largest absolute Gasteiger partial charge is 2.00 e. The Hall–Kier alpha value is -1.01. The van der Waals surface area contributed by atoms with Crippen molar-refractivity contribution in [2.24, 2.45) is 0 Å². The second-order valence-corrected chi connectivity index (χ2v) is 18.7. The van der Waals surface area contributed by atoms with Gasteiger partial charge in [0.2, 0.25) is 0 Å². The monoisotopic (exact) mass is 665 g/mol. The van der Waals surface area contributed by atoms with E-state index in [0.29, 0.717) is 22.6 Å². The first-order chi connectivity index (χ1) is 19.3. The zero-order valence-electron chi connectivity index (χ0n) is 28.1. The van der Waals surface area contributed by atoms with Crippen LogP contribution in [0.4, 0.5) is 11.4 Å². The van der Waals surface area contributed by atoms with Crippen LogP contribution < -0.4 is 15.8 Å². The number of aryl methyl sites for hydroxylation is 2. The van der Waals surface area contributed by atoms with Crippen molar-refractivity contribution >= 4 is 53.3 Å². The van der Waals surface area contributed by atoms with E-state index in [0.717, 1.165) is 18.4 Å². The average Bonchev–Trinajstić information content (AvgIpc) is 2.88. The number of nitrogens with zero attached hydrogens (tertiary/aromatic N) is 1. The quantitative estimate of drug-likeness (QED) is 0.156. The average molecular weight is 667 g/mol. The molecular weight excluding hydrogens is 611 g/mol. The van der Waals surface area contributed by atoms with Gasteiger partial charge in [-0.25, -0.2) is 0 Å². The van der Waals surface area contributed by atoms with E-state index in [9.17, 15) is 0 Å². The maximum Gasteiger partial charge on any atom is 2.00 e. The molecule has 0 atom stereocenters. The summed E-state index contributed by atoms with van der Waals surface area (Å²) < 4.78 is 4.83. The molecule has 0 fully saturated rings. The van der Waals surface area contributed by atoms with Crippen molar-refractivity contribution in [1.82, 2.24) is 0 Å². The van der Waals surface area contributed by atoms with Gasteiger partial charge in [0.15, 0.2) is 0 Å². The number of benzene rings is 3. The third kappa shape index (κ3) is 14.2. The van der Waals surface area contributed by atoms with Crippen LogP contribution in [0.5, 0.6) is 0 Å². The predicted molar refractivity (Wildman–Crippen MR) is 193 cm³/mol. The Morgan fingerprint density at radius 2 is 0.976 bits per heavy atom. The molecule has 2 nitrogen and oxygen atoms in total. The van der Waals surface area contributed by atoms with Crippen LogP contribution in [0, 0.1) is 13.8 Å². The van der Waals surface area contributed by atoms with Crippen LogP contribution in [0.2, 0.25) is 0 Å². The van der Waals surface area contributed by atoms with Crippen molar-refractivity contribution in [1.29, 1.82) is 0 Å². The molecule has 42 heavy (non-hydrogen) atoms. The Morgan fingerprint density at radius 3 is 1.21 bits per heavy atom. The summed E-state index contributed by atoms with van der Waals surface area (Å²) in [5.74, 6) is 0. The zero-order valence-corrected chi connectivity index (χ0v) is 31.9. The van der Waals surface area contributed by atoms with Crippen molar-refractivity contribution < 1.29 is 21.2 Å². The van der Waals surface area contributed by atoms with Crippen LogP contribution in [0.15, 0.2) is 66.7 Å². The molecule has 0 amide bonds. The summed E-state index contributed by atoms with van der Waals surface area (Å²) in [4.78, 5) is 0. The normalized spacial score (nSPS) is 10.9. The summed E-state index contributed by atoms with van der Waals surface area (Å²) >= 11 is 0. The molecule has 6 heteroatoms. The fourth-order valence-corrected chi connectivity index (χ4v) is 11.2. The molecule has 0 aliphatic carbocycles. The first-order valence-electron chi connectivity index (χ1n) is 15.2. The summed E-state index contributed by atoms with van der Waals surface area (Å²) in [5, 5.41) is 9.39. The molecule has 234 valence electrons. The Labute approximate surface area is 275 Å². The van der Waals surface area contributed by atoms with Crippen LogP contribution in [-0.2, 0) is 21.2 Å². The van der Waals surface area contributed by atoms with Crippen LogP contribution in [-0.4, -0.2) is 46.1 Å². The molecule has 0 aromatic heterocycles. The van der Waals surface area contributed by atoms with E-state index >= 15 is 0 Å². The van der Waals surface area contributed by atoms with Crippen molar-refractivity contribution in [2.45, 2.75) is 106 Å². The van der Waals surface area contributed by atoms with Crippen molar-refractivity contribution in [3.63, 3.8) is 0 Å². The minimum Gasteiger partial charge on any atom is -0.657 e. The minimum atomic E-state index is -0.251. The van der Waals surface area contributed by atoms with Crippen LogP contribution in [0.3, 0.4) is 0 Å². The number of hydrogen-bond acceptors (Lipinski definition) is 1. The van der Waals surface area contributed by atoms with E-state index in [1.54, 1.807) is 0 Å². The van der Waals surface area contributed by atoms with Gasteiger partial charge in [-0.3, -0.25) is 5.19 Å². The molecule has 3 aromatic carbocycles. The van der Waals surface area contributed by atoms with E-state index in [1.807, 2.05) is 44.2 Å². The molecule has 0 bridgehead atoms. The molecule has 0 aliphatic heterocycles. The van der Waals surface area contributed by atoms with Gasteiger partial charge in [-0.1, -0.05) is 149 Å². The van der Waals surface area contributed by atoms with Crippen LogP contribution >= 0.6 is 15.8 Å². The fraction of sp³-hybridized carbons (Fsp3) is 0.500. The van der Waals surface area contributed by atoms with Crippen LogP contribution in [0.25, 0.3) is 5.32 Å². The van der Waals surface area contributed by atoms with Crippen molar-refractivity contribution in [3.05, 3.63) is 83.2 Å². The van der Waals surface area contributed by atoms with E-state index in [2.05, 4.69) is 116 Å². The molecule has 3 aromatic rings. The maximum atomic E-state index is 5.33. The van der Waals surface area contributed by atoms with E-state index in [1.165, 1.54) is 33.1 Å². The number of rotatable bonds is 10. The number of ether oxygens (including phenoxy) is 1. The van der Waals surface area contributed by atoms with Gasteiger partial charge in [0.05, 0.1) is 0 Å². The summed E-state index contributed by atoms with van der Waals surface area (Å²) in [6.07, 6.45) is 0. The zero-order chi connectivity index (χ0) is 31.1. The summed E-state index contributed by atoms with van der Waals surface area (Å²) in [7, 11) is 2.85. The van der Waals surface area contributed by atoms with Gasteiger partial charge < -0.3 is 20.3 Å².